The molecule has 0 atom stereocenters. The number of furan rings is 1. The van der Waals surface area contributed by atoms with Gasteiger partial charge in [0.1, 0.15) is 11.2 Å². The molecule has 0 bridgehead atoms. The summed E-state index contributed by atoms with van der Waals surface area (Å²) in [7, 11) is 0. The fourth-order valence-electron chi connectivity index (χ4n) is 8.74. The van der Waals surface area contributed by atoms with Gasteiger partial charge in [0, 0.05) is 38.8 Å². The van der Waals surface area contributed by atoms with Crippen molar-refractivity contribution in [3.8, 4) is 44.5 Å². The SMILES string of the molecule is c1ccc(-c2ccc(N(c3ccc(-c4ccccc4)cc3)c3ccc(-c4ccc5oc6c7ccccc7c7ccccc7c6c5c4-c4ccccc4)cc3)cc2)cc1. The maximum absolute atomic E-state index is 6.84. The number of fused-ring (bicyclic) bond motifs is 8. The van der Waals surface area contributed by atoms with Gasteiger partial charge in [0.15, 0.2) is 0 Å². The molecule has 0 aliphatic rings. The van der Waals surface area contributed by atoms with E-state index in [0.717, 1.165) is 61.1 Å². The molecular weight excluding hydrogens is 703 g/mol. The van der Waals surface area contributed by atoms with E-state index in [1.807, 2.05) is 0 Å². The van der Waals surface area contributed by atoms with E-state index in [2.05, 4.69) is 229 Å². The normalized spacial score (nSPS) is 11.4. The van der Waals surface area contributed by atoms with Gasteiger partial charge >= 0.3 is 0 Å². The van der Waals surface area contributed by atoms with Crippen molar-refractivity contribution in [3.05, 3.63) is 224 Å². The molecule has 0 spiro atoms. The van der Waals surface area contributed by atoms with Crippen molar-refractivity contribution in [2.75, 3.05) is 4.90 Å². The Morgan fingerprint density at radius 2 is 0.672 bits per heavy atom. The molecule has 2 heteroatoms. The molecule has 11 rings (SSSR count). The third kappa shape index (κ3) is 5.74. The largest absolute Gasteiger partial charge is 0.455 e. The molecule has 0 radical (unpaired) electrons. The van der Waals surface area contributed by atoms with E-state index in [9.17, 15) is 0 Å². The van der Waals surface area contributed by atoms with E-state index in [1.54, 1.807) is 0 Å². The van der Waals surface area contributed by atoms with Crippen LogP contribution in [0.4, 0.5) is 17.1 Å². The molecule has 0 saturated heterocycles. The lowest BCUT2D eigenvalue weighted by molar-refractivity contribution is 0.673. The van der Waals surface area contributed by atoms with Crippen LogP contribution in [-0.4, -0.2) is 0 Å². The van der Waals surface area contributed by atoms with Gasteiger partial charge in [-0.05, 0) is 97.6 Å². The van der Waals surface area contributed by atoms with Crippen LogP contribution in [0.1, 0.15) is 0 Å². The predicted octanol–water partition coefficient (Wildman–Crippen LogP) is 16.0. The van der Waals surface area contributed by atoms with Crippen molar-refractivity contribution in [3.63, 3.8) is 0 Å². The van der Waals surface area contributed by atoms with Crippen molar-refractivity contribution in [2.24, 2.45) is 0 Å². The smallest absolute Gasteiger partial charge is 0.143 e. The van der Waals surface area contributed by atoms with Crippen LogP contribution in [0.25, 0.3) is 88.0 Å². The van der Waals surface area contributed by atoms with Gasteiger partial charge in [-0.2, -0.15) is 0 Å². The second-order valence-electron chi connectivity index (χ2n) is 14.8. The zero-order valence-electron chi connectivity index (χ0n) is 31.7. The fraction of sp³-hybridized carbons (Fsp3) is 0. The molecule has 0 amide bonds. The van der Waals surface area contributed by atoms with E-state index < -0.39 is 0 Å². The molecule has 0 unspecified atom stereocenters. The Balaban J connectivity index is 1.07. The second kappa shape index (κ2) is 14.1. The molecule has 2 nitrogen and oxygen atoms in total. The summed E-state index contributed by atoms with van der Waals surface area (Å²) in [6.45, 7) is 0. The molecular formula is C56H37NO. The Bertz CT molecular complexity index is 3140. The van der Waals surface area contributed by atoms with E-state index in [0.29, 0.717) is 0 Å². The molecule has 0 aliphatic carbocycles. The van der Waals surface area contributed by atoms with Crippen LogP contribution in [-0.2, 0) is 0 Å². The van der Waals surface area contributed by atoms with Crippen LogP contribution >= 0.6 is 0 Å². The van der Waals surface area contributed by atoms with Crippen molar-refractivity contribution in [1.82, 2.24) is 0 Å². The zero-order chi connectivity index (χ0) is 38.4. The molecule has 0 fully saturated rings. The molecule has 0 aliphatic heterocycles. The molecule has 0 saturated carbocycles. The first-order chi connectivity index (χ1) is 28.8. The van der Waals surface area contributed by atoms with Gasteiger partial charge in [0.05, 0.1) is 0 Å². The van der Waals surface area contributed by atoms with E-state index in [4.69, 9.17) is 4.42 Å². The summed E-state index contributed by atoms with van der Waals surface area (Å²) in [6.07, 6.45) is 0. The second-order valence-corrected chi connectivity index (χ2v) is 14.8. The van der Waals surface area contributed by atoms with Gasteiger partial charge in [0.25, 0.3) is 0 Å². The van der Waals surface area contributed by atoms with Crippen LogP contribution in [0.5, 0.6) is 0 Å². The number of benzene rings is 10. The number of hydrogen-bond acceptors (Lipinski definition) is 2. The average Bonchev–Trinajstić information content (AvgIpc) is 3.71. The van der Waals surface area contributed by atoms with Crippen LogP contribution < -0.4 is 4.90 Å². The highest BCUT2D eigenvalue weighted by atomic mass is 16.3. The minimum atomic E-state index is 0.889. The van der Waals surface area contributed by atoms with Crippen molar-refractivity contribution in [1.29, 1.82) is 0 Å². The Hall–Kier alpha value is -7.68. The Kier molecular flexibility index (Phi) is 8.19. The van der Waals surface area contributed by atoms with Gasteiger partial charge < -0.3 is 9.32 Å². The first kappa shape index (κ1) is 33.6. The maximum atomic E-state index is 6.84. The third-order valence-corrected chi connectivity index (χ3v) is 11.5. The Morgan fingerprint density at radius 3 is 1.19 bits per heavy atom. The highest BCUT2D eigenvalue weighted by molar-refractivity contribution is 6.32. The minimum absolute atomic E-state index is 0.889. The highest BCUT2D eigenvalue weighted by Crippen LogP contribution is 2.48. The van der Waals surface area contributed by atoms with E-state index >= 15 is 0 Å². The van der Waals surface area contributed by atoms with Gasteiger partial charge in [-0.3, -0.25) is 0 Å². The molecule has 1 heterocycles. The molecule has 58 heavy (non-hydrogen) atoms. The van der Waals surface area contributed by atoms with Gasteiger partial charge in [0.2, 0.25) is 0 Å². The van der Waals surface area contributed by atoms with Gasteiger partial charge in [-0.1, -0.05) is 182 Å². The third-order valence-electron chi connectivity index (χ3n) is 11.5. The van der Waals surface area contributed by atoms with E-state index in [1.165, 1.54) is 44.0 Å². The van der Waals surface area contributed by atoms with Crippen LogP contribution in [0.3, 0.4) is 0 Å². The van der Waals surface area contributed by atoms with Crippen molar-refractivity contribution in [2.45, 2.75) is 0 Å². The molecule has 1 aromatic heterocycles. The minimum Gasteiger partial charge on any atom is -0.455 e. The average molecular weight is 740 g/mol. The molecule has 10 aromatic carbocycles. The van der Waals surface area contributed by atoms with Crippen molar-refractivity contribution >= 4 is 60.5 Å². The summed E-state index contributed by atoms with van der Waals surface area (Å²) in [5.41, 5.74) is 14.5. The lowest BCUT2D eigenvalue weighted by Gasteiger charge is -2.26. The Labute approximate surface area is 337 Å². The van der Waals surface area contributed by atoms with Gasteiger partial charge in [-0.25, -0.2) is 0 Å². The van der Waals surface area contributed by atoms with Crippen LogP contribution in [0.15, 0.2) is 229 Å². The lowest BCUT2D eigenvalue weighted by Crippen LogP contribution is -2.09. The standard InChI is InChI=1S/C56H37NO/c1-4-14-38(15-5-1)40-24-30-44(31-25-40)57(45-32-26-41(27-33-45)39-16-6-2-7-17-39)46-34-28-42(29-35-46)47-36-37-52-55(53(47)43-18-8-3-9-19-43)54-50-22-12-10-20-48(50)49-21-11-13-23-51(49)56(54)58-52/h1-37H. The summed E-state index contributed by atoms with van der Waals surface area (Å²) >= 11 is 0. The van der Waals surface area contributed by atoms with Gasteiger partial charge in [-0.15, -0.1) is 0 Å². The summed E-state index contributed by atoms with van der Waals surface area (Å²) in [5, 5.41) is 7.07. The number of rotatable bonds is 7. The van der Waals surface area contributed by atoms with Crippen molar-refractivity contribution < 1.29 is 4.42 Å². The summed E-state index contributed by atoms with van der Waals surface area (Å²) in [4.78, 5) is 2.34. The number of anilines is 3. The van der Waals surface area contributed by atoms with E-state index in [-0.39, 0.29) is 0 Å². The molecule has 272 valence electrons. The maximum Gasteiger partial charge on any atom is 0.143 e. The quantitative estimate of drug-likeness (QED) is 0.151. The summed E-state index contributed by atoms with van der Waals surface area (Å²) in [6, 6.07) is 80.4. The van der Waals surface area contributed by atoms with Crippen LogP contribution in [0.2, 0.25) is 0 Å². The summed E-state index contributed by atoms with van der Waals surface area (Å²) in [5.74, 6) is 0. The first-order valence-electron chi connectivity index (χ1n) is 19.8. The zero-order valence-corrected chi connectivity index (χ0v) is 31.7. The monoisotopic (exact) mass is 739 g/mol. The fourth-order valence-corrected chi connectivity index (χ4v) is 8.74. The molecule has 11 aromatic rings. The lowest BCUT2D eigenvalue weighted by atomic mass is 9.89. The van der Waals surface area contributed by atoms with Crippen LogP contribution in [0, 0.1) is 0 Å². The number of hydrogen-bond donors (Lipinski definition) is 0. The summed E-state index contributed by atoms with van der Waals surface area (Å²) < 4.78 is 6.84. The molecule has 0 N–H and O–H groups in total. The Morgan fingerprint density at radius 1 is 0.276 bits per heavy atom. The number of nitrogens with zero attached hydrogens (tertiary/aromatic N) is 1. The topological polar surface area (TPSA) is 16.4 Å². The first-order valence-corrected chi connectivity index (χ1v) is 19.8. The highest BCUT2D eigenvalue weighted by Gasteiger charge is 2.22. The predicted molar refractivity (Wildman–Crippen MR) is 245 cm³/mol.